The Morgan fingerprint density at radius 1 is 0.818 bits per heavy atom. The largest absolute Gasteiger partial charge is 0.267 e. The zero-order chi connectivity index (χ0) is 16.1. The van der Waals surface area contributed by atoms with Gasteiger partial charge in [-0.25, -0.2) is 0 Å². The molecule has 22 heavy (non-hydrogen) atoms. The van der Waals surface area contributed by atoms with Gasteiger partial charge in [0.15, 0.2) is 0 Å². The molecule has 1 unspecified atom stereocenters. The van der Waals surface area contributed by atoms with E-state index in [-0.39, 0.29) is 11.9 Å². The van der Waals surface area contributed by atoms with Gasteiger partial charge in [0.2, 0.25) is 0 Å². The highest BCUT2D eigenvalue weighted by atomic mass is 32.2. The summed E-state index contributed by atoms with van der Waals surface area (Å²) in [5, 5.41) is 0. The minimum absolute atomic E-state index is 0.0399. The number of unbranched alkanes of at least 4 members (excludes halogenated alkanes) is 11. The lowest BCUT2D eigenvalue weighted by molar-refractivity contribution is 0.169. The van der Waals surface area contributed by atoms with Crippen LogP contribution in [0.15, 0.2) is 0 Å². The summed E-state index contributed by atoms with van der Waals surface area (Å²) in [6.45, 7) is 2.26. The second kappa shape index (κ2) is 12.3. The molecule has 1 aliphatic heterocycles. The molecule has 1 fully saturated rings. The summed E-state index contributed by atoms with van der Waals surface area (Å²) in [5.74, 6) is 0.210. The Balaban J connectivity index is 1.82. The summed E-state index contributed by atoms with van der Waals surface area (Å²) < 4.78 is 27.9. The first-order valence-corrected chi connectivity index (χ1v) is 11.1. The van der Waals surface area contributed by atoms with E-state index in [1.807, 2.05) is 0 Å². The maximum Gasteiger partial charge on any atom is 0.267 e. The molecule has 1 aliphatic rings. The molecule has 0 N–H and O–H groups in total. The molecule has 1 saturated heterocycles. The fourth-order valence-electron chi connectivity index (χ4n) is 3.20. The van der Waals surface area contributed by atoms with Gasteiger partial charge in [-0.1, -0.05) is 84.0 Å². The molecule has 0 aromatic carbocycles. The molecule has 0 bridgehead atoms. The zero-order valence-corrected chi connectivity index (χ0v) is 15.3. The highest BCUT2D eigenvalue weighted by Gasteiger charge is 2.24. The lowest BCUT2D eigenvalue weighted by Crippen LogP contribution is -2.26. The second-order valence-corrected chi connectivity index (χ2v) is 8.52. The quantitative estimate of drug-likeness (QED) is 0.326. The van der Waals surface area contributed by atoms with Crippen LogP contribution in [0.5, 0.6) is 0 Å². The summed E-state index contributed by atoms with van der Waals surface area (Å²) in [6.07, 6.45) is 18.6. The van der Waals surface area contributed by atoms with E-state index in [1.165, 1.54) is 70.6 Å². The molecule has 132 valence electrons. The molecule has 3 nitrogen and oxygen atoms in total. The maximum atomic E-state index is 11.4. The Kier molecular flexibility index (Phi) is 11.2. The van der Waals surface area contributed by atoms with Gasteiger partial charge in [-0.3, -0.25) is 4.18 Å². The first-order chi connectivity index (χ1) is 10.6. The van der Waals surface area contributed by atoms with Crippen molar-refractivity contribution in [1.82, 2.24) is 0 Å². The molecular weight excluding hydrogens is 296 g/mol. The van der Waals surface area contributed by atoms with Gasteiger partial charge < -0.3 is 0 Å². The van der Waals surface area contributed by atoms with Gasteiger partial charge in [-0.2, -0.15) is 8.42 Å². The number of hydrogen-bond donors (Lipinski definition) is 0. The predicted octanol–water partition coefficient (Wildman–Crippen LogP) is 5.59. The summed E-state index contributed by atoms with van der Waals surface area (Å²) in [7, 11) is -3.20. The molecule has 0 aliphatic carbocycles. The SMILES string of the molecule is CCCCCCCCCCCCCCC1CCCS(=O)(=O)O1. The van der Waals surface area contributed by atoms with Crippen molar-refractivity contribution in [3.05, 3.63) is 0 Å². The van der Waals surface area contributed by atoms with Crippen LogP contribution in [0.3, 0.4) is 0 Å². The highest BCUT2D eigenvalue weighted by molar-refractivity contribution is 7.86. The normalized spacial score (nSPS) is 21.0. The summed E-state index contributed by atoms with van der Waals surface area (Å²) in [6, 6.07) is 0. The smallest absolute Gasteiger partial charge is 0.267 e. The molecule has 1 heterocycles. The Bertz CT molecular complexity index is 351. The molecule has 1 atom stereocenters. The third-order valence-electron chi connectivity index (χ3n) is 4.58. The van der Waals surface area contributed by atoms with Crippen molar-refractivity contribution in [2.75, 3.05) is 5.75 Å². The molecule has 1 rings (SSSR count). The van der Waals surface area contributed by atoms with Gasteiger partial charge in [0.25, 0.3) is 10.1 Å². The van der Waals surface area contributed by atoms with Crippen molar-refractivity contribution >= 4 is 10.1 Å². The summed E-state index contributed by atoms with van der Waals surface area (Å²) in [5.41, 5.74) is 0. The van der Waals surface area contributed by atoms with Crippen molar-refractivity contribution in [2.24, 2.45) is 0 Å². The first kappa shape index (κ1) is 20.0. The van der Waals surface area contributed by atoms with Crippen LogP contribution < -0.4 is 0 Å². The van der Waals surface area contributed by atoms with E-state index in [4.69, 9.17) is 4.18 Å². The van der Waals surface area contributed by atoms with Gasteiger partial charge in [0.1, 0.15) is 0 Å². The van der Waals surface area contributed by atoms with Crippen LogP contribution in [0.2, 0.25) is 0 Å². The van der Waals surface area contributed by atoms with Crippen molar-refractivity contribution < 1.29 is 12.6 Å². The Morgan fingerprint density at radius 3 is 1.82 bits per heavy atom. The third-order valence-corrected chi connectivity index (χ3v) is 5.94. The fraction of sp³-hybridized carbons (Fsp3) is 1.00. The monoisotopic (exact) mass is 332 g/mol. The molecule has 0 radical (unpaired) electrons. The number of rotatable bonds is 13. The van der Waals surface area contributed by atoms with Gasteiger partial charge in [-0.15, -0.1) is 0 Å². The van der Waals surface area contributed by atoms with Gasteiger partial charge in [0, 0.05) is 0 Å². The van der Waals surface area contributed by atoms with Crippen LogP contribution >= 0.6 is 0 Å². The van der Waals surface area contributed by atoms with Crippen LogP contribution in [-0.2, 0) is 14.3 Å². The molecule has 0 spiro atoms. The van der Waals surface area contributed by atoms with Crippen molar-refractivity contribution in [2.45, 2.75) is 109 Å². The fourth-order valence-corrected chi connectivity index (χ4v) is 4.42. The van der Waals surface area contributed by atoms with Crippen LogP contribution in [0.4, 0.5) is 0 Å². The molecule has 0 aromatic rings. The molecule has 0 aromatic heterocycles. The molecule has 0 saturated carbocycles. The van der Waals surface area contributed by atoms with Crippen molar-refractivity contribution in [1.29, 1.82) is 0 Å². The van der Waals surface area contributed by atoms with Crippen molar-refractivity contribution in [3.63, 3.8) is 0 Å². The van der Waals surface area contributed by atoms with Gasteiger partial charge >= 0.3 is 0 Å². The van der Waals surface area contributed by atoms with Crippen LogP contribution in [-0.4, -0.2) is 20.3 Å². The average molecular weight is 333 g/mol. The van der Waals surface area contributed by atoms with E-state index in [0.29, 0.717) is 0 Å². The number of hydrogen-bond acceptors (Lipinski definition) is 3. The first-order valence-electron chi connectivity index (χ1n) is 9.55. The standard InChI is InChI=1S/C18H36O3S/c1-2-3-4-5-6-7-8-9-10-11-12-13-15-18-16-14-17-22(19,20)21-18/h18H,2-17H2,1H3. The minimum Gasteiger partial charge on any atom is -0.267 e. The zero-order valence-electron chi connectivity index (χ0n) is 14.5. The van der Waals surface area contributed by atoms with Crippen LogP contribution in [0, 0.1) is 0 Å². The summed E-state index contributed by atoms with van der Waals surface area (Å²) >= 11 is 0. The maximum absolute atomic E-state index is 11.4. The van der Waals surface area contributed by atoms with E-state index >= 15 is 0 Å². The average Bonchev–Trinajstić information content (AvgIpc) is 2.47. The van der Waals surface area contributed by atoms with Crippen LogP contribution in [0.25, 0.3) is 0 Å². The molecule has 0 amide bonds. The third kappa shape index (κ3) is 10.6. The molecule has 4 heteroatoms. The molecular formula is C18H36O3S. The Labute approximate surface area is 138 Å². The van der Waals surface area contributed by atoms with Crippen molar-refractivity contribution in [3.8, 4) is 0 Å². The second-order valence-electron chi connectivity index (χ2n) is 6.80. The van der Waals surface area contributed by atoms with Gasteiger partial charge in [-0.05, 0) is 19.3 Å². The van der Waals surface area contributed by atoms with E-state index in [1.54, 1.807) is 0 Å². The van der Waals surface area contributed by atoms with E-state index < -0.39 is 10.1 Å². The highest BCUT2D eigenvalue weighted by Crippen LogP contribution is 2.21. The Hall–Kier alpha value is -0.0900. The van der Waals surface area contributed by atoms with E-state index in [9.17, 15) is 8.42 Å². The lowest BCUT2D eigenvalue weighted by Gasteiger charge is -2.21. The van der Waals surface area contributed by atoms with E-state index in [2.05, 4.69) is 6.92 Å². The summed E-state index contributed by atoms with van der Waals surface area (Å²) in [4.78, 5) is 0. The topological polar surface area (TPSA) is 43.4 Å². The Morgan fingerprint density at radius 2 is 1.32 bits per heavy atom. The van der Waals surface area contributed by atoms with Crippen LogP contribution in [0.1, 0.15) is 103 Å². The van der Waals surface area contributed by atoms with Gasteiger partial charge in [0.05, 0.1) is 11.9 Å². The predicted molar refractivity (Wildman–Crippen MR) is 93.6 cm³/mol. The minimum atomic E-state index is -3.20. The lowest BCUT2D eigenvalue weighted by atomic mass is 10.0. The van der Waals surface area contributed by atoms with E-state index in [0.717, 1.165) is 25.7 Å².